The Bertz CT molecular complexity index is 342. The van der Waals surface area contributed by atoms with Crippen LogP contribution in [0, 0.1) is 5.92 Å². The van der Waals surface area contributed by atoms with Gasteiger partial charge in [-0.15, -0.1) is 0 Å². The van der Waals surface area contributed by atoms with Crippen molar-refractivity contribution in [1.82, 2.24) is 5.32 Å². The van der Waals surface area contributed by atoms with E-state index in [1.165, 1.54) is 0 Å². The van der Waals surface area contributed by atoms with Crippen LogP contribution in [0.25, 0.3) is 0 Å². The molecule has 16 heavy (non-hydrogen) atoms. The summed E-state index contributed by atoms with van der Waals surface area (Å²) in [6, 6.07) is 6.26. The van der Waals surface area contributed by atoms with Gasteiger partial charge in [0.2, 0.25) is 0 Å². The predicted octanol–water partition coefficient (Wildman–Crippen LogP) is 4.54. The van der Waals surface area contributed by atoms with Gasteiger partial charge in [0.15, 0.2) is 0 Å². The SMILES string of the molecule is CC(C)C(CI)NCc1cccc(Cl)c1Cl. The Balaban J connectivity index is 2.64. The molecule has 1 aromatic rings. The first kappa shape index (κ1) is 14.6. The Morgan fingerprint density at radius 2 is 2.00 bits per heavy atom. The topological polar surface area (TPSA) is 12.0 Å². The second-order valence-corrected chi connectivity index (χ2v) is 5.76. The zero-order chi connectivity index (χ0) is 12.1. The quantitative estimate of drug-likeness (QED) is 0.591. The van der Waals surface area contributed by atoms with Crippen molar-refractivity contribution < 1.29 is 0 Å². The Morgan fingerprint density at radius 1 is 1.31 bits per heavy atom. The fraction of sp³-hybridized carbons (Fsp3) is 0.500. The summed E-state index contributed by atoms with van der Waals surface area (Å²) in [5.74, 6) is 0.620. The zero-order valence-electron chi connectivity index (χ0n) is 9.43. The summed E-state index contributed by atoms with van der Waals surface area (Å²) in [6.07, 6.45) is 0. The summed E-state index contributed by atoms with van der Waals surface area (Å²) < 4.78 is 1.09. The third-order valence-electron chi connectivity index (χ3n) is 2.56. The molecule has 0 aromatic heterocycles. The van der Waals surface area contributed by atoms with Crippen LogP contribution in [-0.2, 0) is 6.54 Å². The standard InChI is InChI=1S/C12H16Cl2IN/c1-8(2)11(6-15)16-7-9-4-3-5-10(13)12(9)14/h3-5,8,11,16H,6-7H2,1-2H3. The van der Waals surface area contributed by atoms with Gasteiger partial charge >= 0.3 is 0 Å². The lowest BCUT2D eigenvalue weighted by molar-refractivity contribution is 0.436. The average Bonchev–Trinajstić information content (AvgIpc) is 2.24. The van der Waals surface area contributed by atoms with Crippen LogP contribution >= 0.6 is 45.8 Å². The Labute approximate surface area is 121 Å². The van der Waals surface area contributed by atoms with Crippen molar-refractivity contribution in [2.24, 2.45) is 5.92 Å². The minimum Gasteiger partial charge on any atom is -0.309 e. The monoisotopic (exact) mass is 371 g/mol. The molecule has 0 spiro atoms. The molecule has 0 aliphatic carbocycles. The summed E-state index contributed by atoms with van der Waals surface area (Å²) in [5, 5.41) is 4.78. The summed E-state index contributed by atoms with van der Waals surface area (Å²) in [7, 11) is 0. The van der Waals surface area contributed by atoms with Crippen molar-refractivity contribution in [2.45, 2.75) is 26.4 Å². The van der Waals surface area contributed by atoms with E-state index in [2.05, 4.69) is 41.8 Å². The van der Waals surface area contributed by atoms with Gasteiger partial charge in [0.25, 0.3) is 0 Å². The van der Waals surface area contributed by atoms with Crippen molar-refractivity contribution >= 4 is 45.8 Å². The summed E-state index contributed by atoms with van der Waals surface area (Å²) in [6.45, 7) is 5.21. The molecule has 1 nitrogen and oxygen atoms in total. The highest BCUT2D eigenvalue weighted by Crippen LogP contribution is 2.25. The number of benzene rings is 1. The van der Waals surface area contributed by atoms with E-state index < -0.39 is 0 Å². The van der Waals surface area contributed by atoms with Gasteiger partial charge in [0.1, 0.15) is 0 Å². The first-order chi connectivity index (χ1) is 7.56. The second-order valence-electron chi connectivity index (χ2n) is 4.10. The van der Waals surface area contributed by atoms with Crippen LogP contribution in [0.5, 0.6) is 0 Å². The normalized spacial score (nSPS) is 13.1. The molecule has 1 atom stereocenters. The highest BCUT2D eigenvalue weighted by molar-refractivity contribution is 14.1. The third-order valence-corrected chi connectivity index (χ3v) is 4.36. The third kappa shape index (κ3) is 4.06. The van der Waals surface area contributed by atoms with Crippen molar-refractivity contribution in [3.63, 3.8) is 0 Å². The minimum absolute atomic E-state index is 0.510. The molecule has 1 N–H and O–H groups in total. The molecule has 0 radical (unpaired) electrons. The van der Waals surface area contributed by atoms with Crippen LogP contribution in [0.1, 0.15) is 19.4 Å². The Kier molecular flexibility index (Phi) is 6.40. The first-order valence-corrected chi connectivity index (χ1v) is 7.56. The second kappa shape index (κ2) is 7.04. The maximum absolute atomic E-state index is 6.13. The molecule has 0 fully saturated rings. The van der Waals surface area contributed by atoms with E-state index in [4.69, 9.17) is 23.2 Å². The van der Waals surface area contributed by atoms with E-state index in [0.717, 1.165) is 16.5 Å². The van der Waals surface area contributed by atoms with Crippen LogP contribution in [0.2, 0.25) is 10.0 Å². The average molecular weight is 372 g/mol. The lowest BCUT2D eigenvalue weighted by atomic mass is 10.1. The van der Waals surface area contributed by atoms with Crippen molar-refractivity contribution in [3.05, 3.63) is 33.8 Å². The molecule has 1 rings (SSSR count). The Hall–Kier alpha value is 0.490. The molecule has 0 saturated carbocycles. The molecular formula is C12H16Cl2IN. The van der Waals surface area contributed by atoms with E-state index in [0.29, 0.717) is 22.0 Å². The predicted molar refractivity (Wildman–Crippen MR) is 80.8 cm³/mol. The van der Waals surface area contributed by atoms with Gasteiger partial charge in [-0.05, 0) is 17.5 Å². The fourth-order valence-electron chi connectivity index (χ4n) is 1.39. The van der Waals surface area contributed by atoms with Crippen LogP contribution < -0.4 is 5.32 Å². The molecule has 0 aliphatic rings. The molecule has 1 unspecified atom stereocenters. The molecule has 4 heteroatoms. The summed E-state index contributed by atoms with van der Waals surface area (Å²) in [5.41, 5.74) is 1.06. The van der Waals surface area contributed by atoms with Gasteiger partial charge in [0.05, 0.1) is 10.0 Å². The zero-order valence-corrected chi connectivity index (χ0v) is 13.1. The highest BCUT2D eigenvalue weighted by Gasteiger charge is 2.12. The molecular weight excluding hydrogens is 356 g/mol. The molecule has 90 valence electrons. The smallest absolute Gasteiger partial charge is 0.0637 e. The van der Waals surface area contributed by atoms with Gasteiger partial charge < -0.3 is 5.32 Å². The van der Waals surface area contributed by atoms with Crippen molar-refractivity contribution in [2.75, 3.05) is 4.43 Å². The Morgan fingerprint density at radius 3 is 2.56 bits per heavy atom. The van der Waals surface area contributed by atoms with Gasteiger partial charge in [-0.2, -0.15) is 0 Å². The molecule has 0 aliphatic heterocycles. The summed E-state index contributed by atoms with van der Waals surface area (Å²) >= 11 is 14.5. The van der Waals surface area contributed by atoms with Gasteiger partial charge in [0, 0.05) is 17.0 Å². The van der Waals surface area contributed by atoms with Crippen LogP contribution in [-0.4, -0.2) is 10.5 Å². The number of hydrogen-bond acceptors (Lipinski definition) is 1. The van der Waals surface area contributed by atoms with Crippen LogP contribution in [0.4, 0.5) is 0 Å². The number of alkyl halides is 1. The van der Waals surface area contributed by atoms with Crippen LogP contribution in [0.15, 0.2) is 18.2 Å². The van der Waals surface area contributed by atoms with Crippen molar-refractivity contribution in [3.8, 4) is 0 Å². The number of hydrogen-bond donors (Lipinski definition) is 1. The molecule has 0 bridgehead atoms. The van der Waals surface area contributed by atoms with Gasteiger partial charge in [-0.25, -0.2) is 0 Å². The molecule has 0 heterocycles. The lowest BCUT2D eigenvalue weighted by Gasteiger charge is -2.20. The molecule has 0 saturated heterocycles. The van der Waals surface area contributed by atoms with E-state index in [-0.39, 0.29) is 0 Å². The van der Waals surface area contributed by atoms with E-state index in [1.54, 1.807) is 0 Å². The lowest BCUT2D eigenvalue weighted by Crippen LogP contribution is -2.34. The number of rotatable bonds is 5. The van der Waals surface area contributed by atoms with E-state index in [1.807, 2.05) is 18.2 Å². The van der Waals surface area contributed by atoms with Gasteiger partial charge in [-0.3, -0.25) is 0 Å². The fourth-order valence-corrected chi connectivity index (χ4v) is 3.11. The van der Waals surface area contributed by atoms with Gasteiger partial charge in [-0.1, -0.05) is 71.8 Å². The number of nitrogens with one attached hydrogen (secondary N) is 1. The van der Waals surface area contributed by atoms with Crippen LogP contribution in [0.3, 0.4) is 0 Å². The van der Waals surface area contributed by atoms with Crippen molar-refractivity contribution in [1.29, 1.82) is 0 Å². The minimum atomic E-state index is 0.510. The van der Waals surface area contributed by atoms with E-state index in [9.17, 15) is 0 Å². The maximum Gasteiger partial charge on any atom is 0.0637 e. The molecule has 0 amide bonds. The molecule has 1 aromatic carbocycles. The number of halogens is 3. The first-order valence-electron chi connectivity index (χ1n) is 5.28. The summed E-state index contributed by atoms with van der Waals surface area (Å²) in [4.78, 5) is 0. The highest BCUT2D eigenvalue weighted by atomic mass is 127. The van der Waals surface area contributed by atoms with E-state index >= 15 is 0 Å². The maximum atomic E-state index is 6.13. The largest absolute Gasteiger partial charge is 0.309 e.